The molecule has 3 aromatic rings. The monoisotopic (exact) mass is 280 g/mol. The van der Waals surface area contributed by atoms with Gasteiger partial charge in [0.1, 0.15) is 5.82 Å². The number of fused-ring (bicyclic) bond motifs is 1. The van der Waals surface area contributed by atoms with E-state index in [1.807, 2.05) is 23.1 Å². The molecular weight excluding hydrogens is 260 g/mol. The molecule has 0 fully saturated rings. The summed E-state index contributed by atoms with van der Waals surface area (Å²) in [5.74, 6) is 0.901. The summed E-state index contributed by atoms with van der Waals surface area (Å²) in [7, 11) is 0. The zero-order chi connectivity index (χ0) is 14.5. The highest BCUT2D eigenvalue weighted by molar-refractivity contribution is 5.72. The van der Waals surface area contributed by atoms with Crippen molar-refractivity contribution in [2.45, 2.75) is 39.2 Å². The lowest BCUT2D eigenvalue weighted by molar-refractivity contribution is 0.619. The Kier molecular flexibility index (Phi) is 4.24. The lowest BCUT2D eigenvalue weighted by Crippen LogP contribution is -2.01. The van der Waals surface area contributed by atoms with E-state index in [4.69, 9.17) is 0 Å². The molecule has 0 atom stereocenters. The van der Waals surface area contributed by atoms with Gasteiger partial charge in [-0.3, -0.25) is 4.68 Å². The van der Waals surface area contributed by atoms with Crippen LogP contribution in [0.3, 0.4) is 0 Å². The van der Waals surface area contributed by atoms with Crippen LogP contribution in [0.1, 0.15) is 31.2 Å². The summed E-state index contributed by atoms with van der Waals surface area (Å²) in [4.78, 5) is 8.96. The quantitative estimate of drug-likeness (QED) is 0.695. The molecule has 0 aliphatic rings. The van der Waals surface area contributed by atoms with Crippen LogP contribution in [0.25, 0.3) is 11.0 Å². The van der Waals surface area contributed by atoms with Gasteiger partial charge < -0.3 is 0 Å². The van der Waals surface area contributed by atoms with E-state index in [1.165, 1.54) is 5.56 Å². The fourth-order valence-corrected chi connectivity index (χ4v) is 2.36. The Labute approximate surface area is 124 Å². The molecular formula is C17H20N4. The lowest BCUT2D eigenvalue weighted by Gasteiger charge is -2.00. The van der Waals surface area contributed by atoms with Crippen molar-refractivity contribution in [1.29, 1.82) is 0 Å². The van der Waals surface area contributed by atoms with Gasteiger partial charge in [-0.2, -0.15) is 5.10 Å². The molecule has 0 aliphatic carbocycles. The van der Waals surface area contributed by atoms with Gasteiger partial charge in [0.25, 0.3) is 0 Å². The molecule has 0 aliphatic heterocycles. The van der Waals surface area contributed by atoms with E-state index >= 15 is 0 Å². The summed E-state index contributed by atoms with van der Waals surface area (Å²) in [5.41, 5.74) is 2.14. The molecule has 4 heteroatoms. The molecule has 108 valence electrons. The van der Waals surface area contributed by atoms with E-state index in [0.717, 1.165) is 49.1 Å². The second-order valence-corrected chi connectivity index (χ2v) is 5.30. The summed E-state index contributed by atoms with van der Waals surface area (Å²) >= 11 is 0. The number of hydrogen-bond acceptors (Lipinski definition) is 3. The number of nitrogens with zero attached hydrogens (tertiary/aromatic N) is 4. The first-order valence-electron chi connectivity index (χ1n) is 7.58. The first-order chi connectivity index (χ1) is 10.3. The van der Waals surface area contributed by atoms with Crippen LogP contribution in [0.4, 0.5) is 0 Å². The molecule has 2 heterocycles. The lowest BCUT2D eigenvalue weighted by atomic mass is 10.1. The molecule has 4 nitrogen and oxygen atoms in total. The zero-order valence-electron chi connectivity index (χ0n) is 12.4. The third-order valence-electron chi connectivity index (χ3n) is 3.58. The minimum absolute atomic E-state index is 0.809. The van der Waals surface area contributed by atoms with Gasteiger partial charge in [-0.25, -0.2) is 9.97 Å². The van der Waals surface area contributed by atoms with Crippen LogP contribution in [-0.4, -0.2) is 19.7 Å². The standard InChI is InChI=1S/C17H20N4/c1-2-3-9-16-18-12-15-13-21(20-17(15)19-16)11-10-14-7-5-4-6-8-14/h4-8,12-13H,2-3,9-11H2,1H3. The SMILES string of the molecule is CCCCc1ncc2cn(CCc3ccccc3)nc2n1. The number of unbranched alkanes of at least 4 members (excludes halogenated alkanes) is 1. The molecule has 0 N–H and O–H groups in total. The highest BCUT2D eigenvalue weighted by Gasteiger charge is 2.05. The smallest absolute Gasteiger partial charge is 0.184 e. The van der Waals surface area contributed by atoms with Crippen LogP contribution in [-0.2, 0) is 19.4 Å². The zero-order valence-corrected chi connectivity index (χ0v) is 12.4. The summed E-state index contributed by atoms with van der Waals surface area (Å²) in [6.07, 6.45) is 8.11. The van der Waals surface area contributed by atoms with Crippen molar-refractivity contribution in [3.8, 4) is 0 Å². The molecule has 0 spiro atoms. The van der Waals surface area contributed by atoms with Crippen LogP contribution >= 0.6 is 0 Å². The molecule has 0 bridgehead atoms. The summed E-state index contributed by atoms with van der Waals surface area (Å²) in [6, 6.07) is 10.5. The normalized spacial score (nSPS) is 11.1. The molecule has 0 amide bonds. The fraction of sp³-hybridized carbons (Fsp3) is 0.353. The highest BCUT2D eigenvalue weighted by Crippen LogP contribution is 2.11. The molecule has 0 radical (unpaired) electrons. The maximum atomic E-state index is 4.56. The van der Waals surface area contributed by atoms with Crippen LogP contribution in [0.2, 0.25) is 0 Å². The number of rotatable bonds is 6. The minimum Gasteiger partial charge on any atom is -0.270 e. The molecule has 0 saturated carbocycles. The Morgan fingerprint density at radius 2 is 1.95 bits per heavy atom. The van der Waals surface area contributed by atoms with Gasteiger partial charge in [0.05, 0.1) is 5.39 Å². The maximum absolute atomic E-state index is 4.56. The van der Waals surface area contributed by atoms with Crippen molar-refractivity contribution in [1.82, 2.24) is 19.7 Å². The van der Waals surface area contributed by atoms with Gasteiger partial charge in [0, 0.05) is 25.4 Å². The van der Waals surface area contributed by atoms with Crippen molar-refractivity contribution in [3.05, 3.63) is 54.1 Å². The van der Waals surface area contributed by atoms with E-state index in [0.29, 0.717) is 0 Å². The Morgan fingerprint density at radius 3 is 2.76 bits per heavy atom. The molecule has 0 unspecified atom stereocenters. The first kappa shape index (κ1) is 13.7. The van der Waals surface area contributed by atoms with Gasteiger partial charge in [-0.15, -0.1) is 0 Å². The minimum atomic E-state index is 0.809. The third kappa shape index (κ3) is 3.45. The van der Waals surface area contributed by atoms with Crippen LogP contribution in [0, 0.1) is 0 Å². The van der Waals surface area contributed by atoms with Crippen molar-refractivity contribution in [2.75, 3.05) is 0 Å². The second kappa shape index (κ2) is 6.48. The van der Waals surface area contributed by atoms with Crippen LogP contribution in [0.15, 0.2) is 42.7 Å². The van der Waals surface area contributed by atoms with Gasteiger partial charge in [-0.1, -0.05) is 43.7 Å². The maximum Gasteiger partial charge on any atom is 0.184 e. The summed E-state index contributed by atoms with van der Waals surface area (Å²) in [6.45, 7) is 3.04. The van der Waals surface area contributed by atoms with Gasteiger partial charge in [0.2, 0.25) is 0 Å². The molecule has 0 saturated heterocycles. The van der Waals surface area contributed by atoms with Gasteiger partial charge in [0.15, 0.2) is 5.65 Å². The predicted molar refractivity (Wildman–Crippen MR) is 84.1 cm³/mol. The molecule has 21 heavy (non-hydrogen) atoms. The number of benzene rings is 1. The van der Waals surface area contributed by atoms with Crippen molar-refractivity contribution < 1.29 is 0 Å². The largest absolute Gasteiger partial charge is 0.270 e. The average Bonchev–Trinajstić information content (AvgIpc) is 2.94. The number of aromatic nitrogens is 4. The Bertz CT molecular complexity index is 703. The Balaban J connectivity index is 1.71. The average molecular weight is 280 g/mol. The highest BCUT2D eigenvalue weighted by atomic mass is 15.3. The van der Waals surface area contributed by atoms with Crippen LogP contribution in [0.5, 0.6) is 0 Å². The number of aryl methyl sites for hydroxylation is 3. The first-order valence-corrected chi connectivity index (χ1v) is 7.58. The van der Waals surface area contributed by atoms with E-state index in [1.54, 1.807) is 0 Å². The van der Waals surface area contributed by atoms with Crippen molar-refractivity contribution >= 4 is 11.0 Å². The molecule has 2 aromatic heterocycles. The van der Waals surface area contributed by atoms with Crippen molar-refractivity contribution in [2.24, 2.45) is 0 Å². The van der Waals surface area contributed by atoms with Crippen molar-refractivity contribution in [3.63, 3.8) is 0 Å². The molecule has 3 rings (SSSR count). The number of hydrogen-bond donors (Lipinski definition) is 0. The Hall–Kier alpha value is -2.23. The molecule has 1 aromatic carbocycles. The predicted octanol–water partition coefficient (Wildman–Crippen LogP) is 3.41. The second-order valence-electron chi connectivity index (χ2n) is 5.30. The topological polar surface area (TPSA) is 43.6 Å². The summed E-state index contributed by atoms with van der Waals surface area (Å²) in [5, 5.41) is 5.58. The fourth-order valence-electron chi connectivity index (χ4n) is 2.36. The third-order valence-corrected chi connectivity index (χ3v) is 3.58. The van der Waals surface area contributed by atoms with E-state index in [-0.39, 0.29) is 0 Å². The van der Waals surface area contributed by atoms with E-state index < -0.39 is 0 Å². The Morgan fingerprint density at radius 1 is 1.10 bits per heavy atom. The summed E-state index contributed by atoms with van der Waals surface area (Å²) < 4.78 is 1.97. The van der Waals surface area contributed by atoms with E-state index in [2.05, 4.69) is 46.3 Å². The van der Waals surface area contributed by atoms with Gasteiger partial charge >= 0.3 is 0 Å². The van der Waals surface area contributed by atoms with E-state index in [9.17, 15) is 0 Å². The van der Waals surface area contributed by atoms with Crippen LogP contribution < -0.4 is 0 Å². The van der Waals surface area contributed by atoms with Gasteiger partial charge in [-0.05, 0) is 18.4 Å².